The molecule has 2 N–H and O–H groups in total. The Bertz CT molecular complexity index is 1420. The smallest absolute Gasteiger partial charge is 0.382 e. The number of rotatable bonds is 5. The van der Waals surface area contributed by atoms with Gasteiger partial charge in [0.15, 0.2) is 0 Å². The van der Waals surface area contributed by atoms with Crippen molar-refractivity contribution >= 4 is 32.1 Å². The highest BCUT2D eigenvalue weighted by Crippen LogP contribution is 2.31. The second kappa shape index (κ2) is 10.2. The lowest BCUT2D eigenvalue weighted by molar-refractivity contribution is -0.140. The Morgan fingerprint density at radius 2 is 1.78 bits per heavy atom. The predicted octanol–water partition coefficient (Wildman–Crippen LogP) is 4.74. The molecular formula is C26H30F3N5O2S. The minimum absolute atomic E-state index is 0.0642. The Kier molecular flexibility index (Phi) is 7.42. The number of halogens is 3. The zero-order valence-corrected chi connectivity index (χ0v) is 21.8. The molecule has 0 saturated carbocycles. The minimum atomic E-state index is -4.42. The van der Waals surface area contributed by atoms with Crippen LogP contribution in [-0.2, 0) is 21.8 Å². The summed E-state index contributed by atoms with van der Waals surface area (Å²) in [5.74, 6) is 6.69. The average molecular weight is 534 g/mol. The maximum atomic E-state index is 13.4. The molecule has 0 bridgehead atoms. The number of benzene rings is 1. The molecule has 4 rings (SSSR count). The van der Waals surface area contributed by atoms with E-state index in [0.29, 0.717) is 40.9 Å². The Morgan fingerprint density at radius 3 is 2.41 bits per heavy atom. The molecule has 7 nitrogen and oxygen atoms in total. The molecule has 0 amide bonds. The van der Waals surface area contributed by atoms with Crippen LogP contribution in [-0.4, -0.2) is 53.2 Å². The molecule has 0 aliphatic carbocycles. The molecule has 198 valence electrons. The number of anilines is 2. The van der Waals surface area contributed by atoms with E-state index in [9.17, 15) is 21.6 Å². The number of fused-ring (bicyclic) bond motifs is 1. The van der Waals surface area contributed by atoms with Gasteiger partial charge in [-0.1, -0.05) is 32.8 Å². The summed E-state index contributed by atoms with van der Waals surface area (Å²) in [6, 6.07) is 6.71. The summed E-state index contributed by atoms with van der Waals surface area (Å²) in [6.07, 6.45) is -0.190. The van der Waals surface area contributed by atoms with Crippen molar-refractivity contribution < 1.29 is 21.6 Å². The molecular weight excluding hydrogens is 503 g/mol. The van der Waals surface area contributed by atoms with Gasteiger partial charge in [0, 0.05) is 22.5 Å². The Balaban J connectivity index is 1.56. The summed E-state index contributed by atoms with van der Waals surface area (Å²) < 4.78 is 65.0. The number of nitrogens with zero attached hydrogens (tertiary/aromatic N) is 3. The van der Waals surface area contributed by atoms with Crippen molar-refractivity contribution in [3.8, 4) is 11.8 Å². The van der Waals surface area contributed by atoms with E-state index >= 15 is 0 Å². The van der Waals surface area contributed by atoms with Crippen LogP contribution in [0.5, 0.6) is 0 Å². The molecule has 3 aromatic rings. The van der Waals surface area contributed by atoms with Crippen LogP contribution in [0.3, 0.4) is 0 Å². The van der Waals surface area contributed by atoms with Crippen LogP contribution in [0.4, 0.5) is 24.5 Å². The molecule has 0 radical (unpaired) electrons. The molecule has 11 heteroatoms. The van der Waals surface area contributed by atoms with Gasteiger partial charge in [-0.15, -0.1) is 0 Å². The third kappa shape index (κ3) is 6.95. The fourth-order valence-electron chi connectivity index (χ4n) is 4.21. The van der Waals surface area contributed by atoms with Crippen molar-refractivity contribution in [3.63, 3.8) is 0 Å². The molecule has 1 fully saturated rings. The Morgan fingerprint density at radius 1 is 1.11 bits per heavy atom. The number of hydrogen-bond donors (Lipinski definition) is 2. The van der Waals surface area contributed by atoms with Crippen molar-refractivity contribution in [1.82, 2.24) is 14.5 Å². The first-order valence-electron chi connectivity index (χ1n) is 12.0. The van der Waals surface area contributed by atoms with Crippen molar-refractivity contribution in [2.75, 3.05) is 28.7 Å². The van der Waals surface area contributed by atoms with E-state index in [4.69, 9.17) is 0 Å². The van der Waals surface area contributed by atoms with Gasteiger partial charge in [0.2, 0.25) is 0 Å². The molecule has 2 aromatic heterocycles. The van der Waals surface area contributed by atoms with Crippen molar-refractivity contribution in [2.24, 2.45) is 0 Å². The fourth-order valence-corrected chi connectivity index (χ4v) is 5.70. The first kappa shape index (κ1) is 26.8. The molecule has 1 saturated heterocycles. The number of hydrogen-bond acceptors (Lipinski definition) is 6. The summed E-state index contributed by atoms with van der Waals surface area (Å²) >= 11 is 0. The number of sulfone groups is 1. The first-order chi connectivity index (χ1) is 17.3. The summed E-state index contributed by atoms with van der Waals surface area (Å²) in [4.78, 5) is 8.69. The first-order valence-corrected chi connectivity index (χ1v) is 13.8. The largest absolute Gasteiger partial charge is 0.406 e. The number of alkyl halides is 3. The Hall–Kier alpha value is -3.26. The maximum absolute atomic E-state index is 13.4. The van der Waals surface area contributed by atoms with Gasteiger partial charge < -0.3 is 15.2 Å². The third-order valence-corrected chi connectivity index (χ3v) is 7.83. The summed E-state index contributed by atoms with van der Waals surface area (Å²) in [5, 5.41) is 7.03. The maximum Gasteiger partial charge on any atom is 0.406 e. The predicted molar refractivity (Wildman–Crippen MR) is 139 cm³/mol. The number of nitrogens with one attached hydrogen (secondary N) is 2. The van der Waals surface area contributed by atoms with Crippen molar-refractivity contribution in [2.45, 2.75) is 57.8 Å². The normalized spacial score (nSPS) is 16.3. The zero-order chi connectivity index (χ0) is 26.8. The van der Waals surface area contributed by atoms with Gasteiger partial charge in [0.25, 0.3) is 0 Å². The van der Waals surface area contributed by atoms with Crippen LogP contribution < -0.4 is 10.6 Å². The van der Waals surface area contributed by atoms with Gasteiger partial charge >= 0.3 is 6.18 Å². The molecule has 1 aromatic carbocycles. The monoisotopic (exact) mass is 533 g/mol. The molecule has 37 heavy (non-hydrogen) atoms. The fraction of sp³-hybridized carbons (Fsp3) is 0.462. The van der Waals surface area contributed by atoms with Crippen molar-refractivity contribution in [3.05, 3.63) is 48.2 Å². The van der Waals surface area contributed by atoms with Gasteiger partial charge in [0.1, 0.15) is 22.2 Å². The van der Waals surface area contributed by atoms with E-state index in [1.165, 1.54) is 4.57 Å². The van der Waals surface area contributed by atoms with Crippen LogP contribution >= 0.6 is 0 Å². The van der Waals surface area contributed by atoms with E-state index in [1.54, 1.807) is 36.7 Å². The van der Waals surface area contributed by atoms with Crippen LogP contribution in [0, 0.1) is 11.8 Å². The van der Waals surface area contributed by atoms with Gasteiger partial charge in [0.05, 0.1) is 47.3 Å². The van der Waals surface area contributed by atoms with Crippen molar-refractivity contribution in [1.29, 1.82) is 0 Å². The van der Waals surface area contributed by atoms with Gasteiger partial charge in [-0.25, -0.2) is 18.4 Å². The molecule has 1 aliphatic rings. The highest BCUT2D eigenvalue weighted by Gasteiger charge is 2.30. The van der Waals surface area contributed by atoms with Crippen LogP contribution in [0.2, 0.25) is 0 Å². The Labute approximate surface area is 214 Å². The quantitative estimate of drug-likeness (QED) is 0.461. The molecule has 0 atom stereocenters. The summed E-state index contributed by atoms with van der Waals surface area (Å²) in [6.45, 7) is 5.08. The highest BCUT2D eigenvalue weighted by atomic mass is 32.2. The summed E-state index contributed by atoms with van der Waals surface area (Å²) in [7, 11) is -3.02. The molecule has 0 spiro atoms. The third-order valence-electron chi connectivity index (χ3n) is 6.12. The van der Waals surface area contributed by atoms with Crippen LogP contribution in [0.15, 0.2) is 36.7 Å². The van der Waals surface area contributed by atoms with Gasteiger partial charge in [-0.2, -0.15) is 13.2 Å². The van der Waals surface area contributed by atoms with Crippen LogP contribution in [0.1, 0.15) is 45.1 Å². The summed E-state index contributed by atoms with van der Waals surface area (Å²) in [5.41, 5.74) is 1.81. The lowest BCUT2D eigenvalue weighted by atomic mass is 9.96. The lowest BCUT2D eigenvalue weighted by Crippen LogP contribution is -2.32. The minimum Gasteiger partial charge on any atom is -0.382 e. The second-order valence-corrected chi connectivity index (χ2v) is 12.5. The molecule has 0 unspecified atom stereocenters. The molecule has 3 heterocycles. The van der Waals surface area contributed by atoms with Gasteiger partial charge in [-0.05, 0) is 37.0 Å². The standard InChI is InChI=1S/C26H30F3N5O2S/c1-25(2,3)24-31-15-19(16-32-24)30-11-5-6-20-14-21-22(33-18-9-12-37(35,36)13-10-18)7-4-8-23(21)34(20)17-26(27,28)29/h4,7-8,14-16,18,30,33H,9-13,17H2,1-3H3. The SMILES string of the molecule is CC(C)(C)c1ncc(NCC#Cc2cc3c(NC4CCS(=O)(=O)CC4)cccc3n2CC(F)(F)F)cn1. The second-order valence-electron chi connectivity index (χ2n) is 10.2. The van der Waals surface area contributed by atoms with Gasteiger partial charge in [-0.3, -0.25) is 0 Å². The zero-order valence-electron chi connectivity index (χ0n) is 21.0. The molecule has 1 aliphatic heterocycles. The average Bonchev–Trinajstić information content (AvgIpc) is 3.14. The highest BCUT2D eigenvalue weighted by molar-refractivity contribution is 7.91. The topological polar surface area (TPSA) is 88.9 Å². The van der Waals surface area contributed by atoms with Crippen LogP contribution in [0.25, 0.3) is 10.9 Å². The van der Waals surface area contributed by atoms with E-state index in [1.807, 2.05) is 20.8 Å². The van der Waals surface area contributed by atoms with E-state index in [2.05, 4.69) is 32.4 Å². The lowest BCUT2D eigenvalue weighted by Gasteiger charge is -2.24. The number of aromatic nitrogens is 3. The van der Waals surface area contributed by atoms with E-state index in [-0.39, 0.29) is 35.2 Å². The van der Waals surface area contributed by atoms with E-state index < -0.39 is 22.6 Å². The van der Waals surface area contributed by atoms with E-state index in [0.717, 1.165) is 0 Å².